The van der Waals surface area contributed by atoms with E-state index < -0.39 is 26.0 Å². The van der Waals surface area contributed by atoms with E-state index in [9.17, 15) is 21.6 Å². The summed E-state index contributed by atoms with van der Waals surface area (Å²) in [7, 11) is -8.09. The monoisotopic (exact) mass is 414 g/mol. The Morgan fingerprint density at radius 3 is 2.07 bits per heavy atom. The van der Waals surface area contributed by atoms with Crippen LogP contribution in [0, 0.1) is 0 Å². The van der Waals surface area contributed by atoms with Crippen LogP contribution < -0.4 is 14.6 Å². The summed E-state index contributed by atoms with van der Waals surface area (Å²) >= 11 is 0. The molecule has 0 aromatic heterocycles. The fourth-order valence-corrected chi connectivity index (χ4v) is 3.69. The summed E-state index contributed by atoms with van der Waals surface area (Å²) < 4.78 is 55.5. The number of ether oxygens (including phenoxy) is 1. The summed E-state index contributed by atoms with van der Waals surface area (Å²) in [5, 5.41) is 14.1. The molecule has 0 amide bonds. The molecule has 0 spiro atoms. The van der Waals surface area contributed by atoms with Crippen LogP contribution in [-0.4, -0.2) is 34.0 Å². The highest BCUT2D eigenvalue weighted by atomic mass is 32.2. The number of sulfonamides is 2. The number of carboxylic acid groups (broad SMARTS) is 1. The first-order valence-corrected chi connectivity index (χ1v) is 10.6. The molecule has 2 rings (SSSR count). The highest BCUT2D eigenvalue weighted by molar-refractivity contribution is 7.92. The SMILES string of the molecule is CC(C)Oc1ccc(C(=O)O)cc1NS(=O)(=O)c1ccc(S(N)(=O)=O)cc1. The van der Waals surface area contributed by atoms with Gasteiger partial charge in [0, 0.05) is 0 Å². The Morgan fingerprint density at radius 1 is 1.04 bits per heavy atom. The van der Waals surface area contributed by atoms with E-state index in [4.69, 9.17) is 15.0 Å². The van der Waals surface area contributed by atoms with Crippen LogP contribution in [0.15, 0.2) is 52.3 Å². The van der Waals surface area contributed by atoms with Gasteiger partial charge in [0.2, 0.25) is 10.0 Å². The van der Waals surface area contributed by atoms with E-state index >= 15 is 0 Å². The second kappa shape index (κ2) is 7.55. The predicted octanol–water partition coefficient (Wildman–Crippen LogP) is 1.62. The van der Waals surface area contributed by atoms with Gasteiger partial charge in [-0.2, -0.15) is 0 Å². The van der Waals surface area contributed by atoms with Crippen molar-refractivity contribution < 1.29 is 31.5 Å². The first kappa shape index (κ1) is 20.7. The van der Waals surface area contributed by atoms with Gasteiger partial charge in [-0.1, -0.05) is 0 Å². The first-order chi connectivity index (χ1) is 12.4. The maximum absolute atomic E-state index is 12.6. The number of carbonyl (C=O) groups is 1. The lowest BCUT2D eigenvalue weighted by Gasteiger charge is -2.16. The molecule has 4 N–H and O–H groups in total. The second-order valence-electron chi connectivity index (χ2n) is 5.80. The Balaban J connectivity index is 2.44. The Kier molecular flexibility index (Phi) is 5.78. The zero-order chi connectivity index (χ0) is 20.4. The lowest BCUT2D eigenvalue weighted by molar-refractivity contribution is 0.0697. The molecular formula is C16H18N2O7S2. The van der Waals surface area contributed by atoms with Gasteiger partial charge in [-0.05, 0) is 56.3 Å². The number of benzene rings is 2. The van der Waals surface area contributed by atoms with Crippen molar-refractivity contribution in [3.63, 3.8) is 0 Å². The minimum absolute atomic E-state index is 0.0564. The molecule has 0 heterocycles. The maximum atomic E-state index is 12.6. The van der Waals surface area contributed by atoms with E-state index in [1.54, 1.807) is 13.8 Å². The maximum Gasteiger partial charge on any atom is 0.335 e. The van der Waals surface area contributed by atoms with Gasteiger partial charge in [0.25, 0.3) is 10.0 Å². The topological polar surface area (TPSA) is 153 Å². The van der Waals surface area contributed by atoms with Crippen LogP contribution in [0.5, 0.6) is 5.75 Å². The van der Waals surface area contributed by atoms with Crippen LogP contribution in [0.1, 0.15) is 24.2 Å². The van der Waals surface area contributed by atoms with E-state index in [1.807, 2.05) is 0 Å². The van der Waals surface area contributed by atoms with Crippen LogP contribution in [0.3, 0.4) is 0 Å². The van der Waals surface area contributed by atoms with Crippen molar-refractivity contribution >= 4 is 31.7 Å². The summed E-state index contributed by atoms with van der Waals surface area (Å²) in [6.07, 6.45) is -0.280. The lowest BCUT2D eigenvalue weighted by atomic mass is 10.2. The highest BCUT2D eigenvalue weighted by Crippen LogP contribution is 2.29. The summed E-state index contributed by atoms with van der Waals surface area (Å²) in [6.45, 7) is 3.46. The van der Waals surface area contributed by atoms with E-state index in [2.05, 4.69) is 4.72 Å². The van der Waals surface area contributed by atoms with Crippen LogP contribution in [-0.2, 0) is 20.0 Å². The molecule has 2 aromatic carbocycles. The molecule has 2 aromatic rings. The molecule has 0 aliphatic heterocycles. The Hall–Kier alpha value is -2.63. The van der Waals surface area contributed by atoms with E-state index in [-0.39, 0.29) is 32.9 Å². The number of hydrogen-bond acceptors (Lipinski definition) is 6. The third-order valence-corrected chi connectivity index (χ3v) is 5.61. The molecule has 0 aliphatic rings. The molecule has 9 nitrogen and oxygen atoms in total. The number of anilines is 1. The molecule has 0 saturated heterocycles. The minimum Gasteiger partial charge on any atom is -0.489 e. The van der Waals surface area contributed by atoms with E-state index in [0.717, 1.165) is 30.3 Å². The highest BCUT2D eigenvalue weighted by Gasteiger charge is 2.20. The average molecular weight is 414 g/mol. The third-order valence-electron chi connectivity index (χ3n) is 3.30. The summed E-state index contributed by atoms with van der Waals surface area (Å²) in [5.41, 5.74) is -0.187. The van der Waals surface area contributed by atoms with Crippen molar-refractivity contribution in [1.82, 2.24) is 0 Å². The number of aromatic carboxylic acids is 1. The molecule has 0 radical (unpaired) electrons. The number of hydrogen-bond donors (Lipinski definition) is 3. The fraction of sp³-hybridized carbons (Fsp3) is 0.188. The molecule has 146 valence electrons. The molecule has 0 unspecified atom stereocenters. The largest absolute Gasteiger partial charge is 0.489 e. The van der Waals surface area contributed by atoms with Crippen LogP contribution in [0.4, 0.5) is 5.69 Å². The van der Waals surface area contributed by atoms with Crippen LogP contribution >= 0.6 is 0 Å². The van der Waals surface area contributed by atoms with Crippen molar-refractivity contribution in [3.05, 3.63) is 48.0 Å². The summed E-state index contributed by atoms with van der Waals surface area (Å²) in [5.74, 6) is -1.08. The third kappa shape index (κ3) is 5.18. The van der Waals surface area contributed by atoms with E-state index in [0.29, 0.717) is 0 Å². The van der Waals surface area contributed by atoms with Gasteiger partial charge in [-0.3, -0.25) is 4.72 Å². The smallest absolute Gasteiger partial charge is 0.335 e. The number of rotatable bonds is 7. The predicted molar refractivity (Wildman–Crippen MR) is 97.8 cm³/mol. The number of nitrogens with one attached hydrogen (secondary N) is 1. The number of primary sulfonamides is 1. The molecule has 0 saturated carbocycles. The van der Waals surface area contributed by atoms with Gasteiger partial charge < -0.3 is 9.84 Å². The van der Waals surface area contributed by atoms with Gasteiger partial charge in [-0.15, -0.1) is 0 Å². The Bertz CT molecular complexity index is 1060. The summed E-state index contributed by atoms with van der Waals surface area (Å²) in [6, 6.07) is 8.05. The first-order valence-electron chi connectivity index (χ1n) is 7.60. The van der Waals surface area contributed by atoms with Crippen molar-refractivity contribution in [2.45, 2.75) is 29.7 Å². The zero-order valence-electron chi connectivity index (χ0n) is 14.4. The molecule has 0 fully saturated rings. The number of nitrogens with two attached hydrogens (primary N) is 1. The lowest BCUT2D eigenvalue weighted by Crippen LogP contribution is -2.16. The van der Waals surface area contributed by atoms with Crippen LogP contribution in [0.2, 0.25) is 0 Å². The van der Waals surface area contributed by atoms with Crippen molar-refractivity contribution in [1.29, 1.82) is 0 Å². The summed E-state index contributed by atoms with van der Waals surface area (Å²) in [4.78, 5) is 10.7. The molecule has 27 heavy (non-hydrogen) atoms. The van der Waals surface area contributed by atoms with Gasteiger partial charge in [-0.25, -0.2) is 26.8 Å². The molecule has 11 heteroatoms. The van der Waals surface area contributed by atoms with Gasteiger partial charge in [0.1, 0.15) is 5.75 Å². The quantitative estimate of drug-likeness (QED) is 0.622. The van der Waals surface area contributed by atoms with Gasteiger partial charge >= 0.3 is 5.97 Å². The van der Waals surface area contributed by atoms with Crippen molar-refractivity contribution in [2.24, 2.45) is 5.14 Å². The van der Waals surface area contributed by atoms with E-state index in [1.165, 1.54) is 12.1 Å². The Morgan fingerprint density at radius 2 is 1.59 bits per heavy atom. The Labute approximate surface area is 156 Å². The average Bonchev–Trinajstić information content (AvgIpc) is 2.55. The van der Waals surface area contributed by atoms with Gasteiger partial charge in [0.15, 0.2) is 0 Å². The standard InChI is InChI=1S/C16H18N2O7S2/c1-10(2)25-15-8-3-11(16(19)20)9-14(15)18-27(23,24)13-6-4-12(5-7-13)26(17,21)22/h3-10,18H,1-2H3,(H,19,20)(H2,17,21,22). The second-order valence-corrected chi connectivity index (χ2v) is 9.05. The van der Waals surface area contributed by atoms with Crippen molar-refractivity contribution in [2.75, 3.05) is 4.72 Å². The molecule has 0 bridgehead atoms. The van der Waals surface area contributed by atoms with Crippen molar-refractivity contribution in [3.8, 4) is 5.75 Å². The zero-order valence-corrected chi connectivity index (χ0v) is 16.0. The molecule has 0 aliphatic carbocycles. The fourth-order valence-electron chi connectivity index (χ4n) is 2.11. The molecule has 0 atom stereocenters. The van der Waals surface area contributed by atoms with Gasteiger partial charge in [0.05, 0.1) is 27.1 Å². The normalized spacial score (nSPS) is 12.0. The minimum atomic E-state index is -4.13. The number of carboxylic acids is 1. The van der Waals surface area contributed by atoms with Crippen LogP contribution in [0.25, 0.3) is 0 Å². The molecular weight excluding hydrogens is 396 g/mol.